The van der Waals surface area contributed by atoms with Crippen LogP contribution in [0.15, 0.2) is 23.3 Å². The van der Waals surface area contributed by atoms with Gasteiger partial charge >= 0.3 is 0 Å². The first-order chi connectivity index (χ1) is 9.11. The zero-order chi connectivity index (χ0) is 13.9. The Labute approximate surface area is 120 Å². The average molecular weight is 279 g/mol. The van der Waals surface area contributed by atoms with Crippen molar-refractivity contribution in [3.63, 3.8) is 0 Å². The summed E-state index contributed by atoms with van der Waals surface area (Å²) in [6.07, 6.45) is 11.1. The molecule has 0 aromatic heterocycles. The lowest BCUT2D eigenvalue weighted by molar-refractivity contribution is 0.0862. The van der Waals surface area contributed by atoms with Gasteiger partial charge < -0.3 is 4.43 Å². The molecule has 0 saturated carbocycles. The lowest BCUT2D eigenvalue weighted by Crippen LogP contribution is -2.47. The van der Waals surface area contributed by atoms with Crippen molar-refractivity contribution in [2.75, 3.05) is 0 Å². The fourth-order valence-electron chi connectivity index (χ4n) is 3.90. The van der Waals surface area contributed by atoms with Crippen molar-refractivity contribution in [1.82, 2.24) is 0 Å². The maximum atomic E-state index is 7.02. The molecule has 1 unspecified atom stereocenters. The zero-order valence-electron chi connectivity index (χ0n) is 13.2. The molecular formula is C17H30OSi. The Kier molecular flexibility index (Phi) is 4.73. The first-order valence-electron chi connectivity index (χ1n) is 8.19. The second-order valence-corrected chi connectivity index (χ2v) is 11.0. The molecule has 0 heterocycles. The minimum Gasteiger partial charge on any atom is -0.407 e. The van der Waals surface area contributed by atoms with Gasteiger partial charge in [0.1, 0.15) is 0 Å². The van der Waals surface area contributed by atoms with Crippen LogP contribution in [0.3, 0.4) is 0 Å². The molecule has 0 amide bonds. The summed E-state index contributed by atoms with van der Waals surface area (Å²) in [5.41, 5.74) is 3.11. The fourth-order valence-corrected chi connectivity index (χ4v) is 6.98. The number of rotatable bonds is 5. The maximum Gasteiger partial charge on any atom is 0.193 e. The van der Waals surface area contributed by atoms with E-state index in [-0.39, 0.29) is 5.60 Å². The Hall–Kier alpha value is -0.343. The van der Waals surface area contributed by atoms with E-state index in [0.29, 0.717) is 0 Å². The van der Waals surface area contributed by atoms with Crippen LogP contribution in [-0.4, -0.2) is 13.9 Å². The van der Waals surface area contributed by atoms with Gasteiger partial charge in [0.25, 0.3) is 0 Å². The molecule has 2 aliphatic rings. The summed E-state index contributed by atoms with van der Waals surface area (Å²) in [4.78, 5) is 0. The van der Waals surface area contributed by atoms with E-state index >= 15 is 0 Å². The number of hydrogen-bond acceptors (Lipinski definition) is 1. The predicted octanol–water partition coefficient (Wildman–Crippen LogP) is 5.60. The third-order valence-electron chi connectivity index (χ3n) is 5.39. The summed E-state index contributed by atoms with van der Waals surface area (Å²) in [5.74, 6) is 0. The Bertz CT molecular complexity index is 370. The summed E-state index contributed by atoms with van der Waals surface area (Å²) in [5, 5.41) is 0. The van der Waals surface area contributed by atoms with Crippen LogP contribution >= 0.6 is 0 Å². The molecule has 0 saturated heterocycles. The largest absolute Gasteiger partial charge is 0.407 e. The van der Waals surface area contributed by atoms with Crippen molar-refractivity contribution in [2.24, 2.45) is 0 Å². The van der Waals surface area contributed by atoms with E-state index in [2.05, 4.69) is 39.8 Å². The van der Waals surface area contributed by atoms with Crippen molar-refractivity contribution in [3.05, 3.63) is 23.3 Å². The summed E-state index contributed by atoms with van der Waals surface area (Å²) < 4.78 is 7.02. The maximum absolute atomic E-state index is 7.02. The predicted molar refractivity (Wildman–Crippen MR) is 85.9 cm³/mol. The molecule has 1 atom stereocenters. The second kappa shape index (κ2) is 5.97. The first kappa shape index (κ1) is 15.1. The number of fused-ring (bicyclic) bond motifs is 1. The van der Waals surface area contributed by atoms with Gasteiger partial charge in [-0.05, 0) is 68.3 Å². The van der Waals surface area contributed by atoms with Crippen molar-refractivity contribution in [3.8, 4) is 0 Å². The smallest absolute Gasteiger partial charge is 0.193 e. The lowest BCUT2D eigenvalue weighted by Gasteiger charge is -2.42. The zero-order valence-corrected chi connectivity index (χ0v) is 14.2. The van der Waals surface area contributed by atoms with E-state index in [1.54, 1.807) is 0 Å². The lowest BCUT2D eigenvalue weighted by atomic mass is 9.89. The molecule has 0 aromatic carbocycles. The van der Waals surface area contributed by atoms with Crippen LogP contribution in [-0.2, 0) is 4.43 Å². The highest BCUT2D eigenvalue weighted by Crippen LogP contribution is 2.46. The molecule has 19 heavy (non-hydrogen) atoms. The Morgan fingerprint density at radius 3 is 2.37 bits per heavy atom. The third-order valence-corrected chi connectivity index (χ3v) is 10.1. The van der Waals surface area contributed by atoms with E-state index in [4.69, 9.17) is 4.43 Å². The first-order valence-corrected chi connectivity index (χ1v) is 10.7. The van der Waals surface area contributed by atoms with E-state index in [1.165, 1.54) is 61.4 Å². The summed E-state index contributed by atoms with van der Waals surface area (Å²) in [7, 11) is -1.52. The molecular weight excluding hydrogens is 248 g/mol. The molecule has 0 bridgehead atoms. The van der Waals surface area contributed by atoms with Crippen LogP contribution in [0, 0.1) is 0 Å². The van der Waals surface area contributed by atoms with Crippen LogP contribution in [0.1, 0.15) is 59.8 Å². The molecule has 2 rings (SSSR count). The van der Waals surface area contributed by atoms with Gasteiger partial charge in [-0.2, -0.15) is 0 Å². The monoisotopic (exact) mass is 278 g/mol. The molecule has 2 aliphatic carbocycles. The van der Waals surface area contributed by atoms with Crippen LogP contribution in [0.25, 0.3) is 0 Å². The van der Waals surface area contributed by atoms with Crippen molar-refractivity contribution in [2.45, 2.75) is 83.5 Å². The number of hydrogen-bond donors (Lipinski definition) is 0. The fraction of sp³-hybridized carbons (Fsp3) is 0.765. The second-order valence-electron chi connectivity index (χ2n) is 6.28. The molecule has 108 valence electrons. The highest BCUT2D eigenvalue weighted by atomic mass is 28.4. The topological polar surface area (TPSA) is 9.23 Å². The highest BCUT2D eigenvalue weighted by Gasteiger charge is 2.45. The normalized spacial score (nSPS) is 27.6. The SMILES string of the molecule is CC[Si](CC)(CC)OC12CCC=C1C(C)=CCCC2. The minimum absolute atomic E-state index is 0.0886. The van der Waals surface area contributed by atoms with E-state index < -0.39 is 8.32 Å². The van der Waals surface area contributed by atoms with Gasteiger partial charge in [-0.1, -0.05) is 32.9 Å². The van der Waals surface area contributed by atoms with Crippen LogP contribution in [0.4, 0.5) is 0 Å². The Morgan fingerprint density at radius 2 is 1.74 bits per heavy atom. The van der Waals surface area contributed by atoms with Crippen molar-refractivity contribution >= 4 is 8.32 Å². The quantitative estimate of drug-likeness (QED) is 0.595. The summed E-state index contributed by atoms with van der Waals surface area (Å²) >= 11 is 0. The van der Waals surface area contributed by atoms with Gasteiger partial charge in [-0.3, -0.25) is 0 Å². The van der Waals surface area contributed by atoms with Gasteiger partial charge in [0, 0.05) is 0 Å². The van der Waals surface area contributed by atoms with Crippen LogP contribution in [0.2, 0.25) is 18.1 Å². The Balaban J connectivity index is 2.30. The summed E-state index contributed by atoms with van der Waals surface area (Å²) in [6, 6.07) is 3.79. The molecule has 1 nitrogen and oxygen atoms in total. The van der Waals surface area contributed by atoms with Crippen LogP contribution in [0.5, 0.6) is 0 Å². The van der Waals surface area contributed by atoms with Gasteiger partial charge in [-0.15, -0.1) is 0 Å². The van der Waals surface area contributed by atoms with E-state index in [0.717, 1.165) is 0 Å². The van der Waals surface area contributed by atoms with E-state index in [9.17, 15) is 0 Å². The van der Waals surface area contributed by atoms with Gasteiger partial charge in [0.15, 0.2) is 8.32 Å². The third kappa shape index (κ3) is 2.75. The van der Waals surface area contributed by atoms with Crippen LogP contribution < -0.4 is 0 Å². The van der Waals surface area contributed by atoms with E-state index in [1.807, 2.05) is 0 Å². The minimum atomic E-state index is -1.52. The summed E-state index contributed by atoms with van der Waals surface area (Å²) in [6.45, 7) is 9.31. The molecule has 0 N–H and O–H groups in total. The Morgan fingerprint density at radius 1 is 1.05 bits per heavy atom. The molecule has 0 spiro atoms. The standard InChI is InChI=1S/C17H30OSi/c1-5-19(6-2,7-3)18-17-13-9-8-11-15(4)16(17)12-10-14-17/h11-12H,5-10,13-14H2,1-4H3. The molecule has 0 radical (unpaired) electrons. The molecule has 0 aliphatic heterocycles. The molecule has 2 heteroatoms. The van der Waals surface area contributed by atoms with Crippen molar-refractivity contribution in [1.29, 1.82) is 0 Å². The molecule has 0 aromatic rings. The van der Waals surface area contributed by atoms with Gasteiger partial charge in [-0.25, -0.2) is 0 Å². The van der Waals surface area contributed by atoms with Crippen molar-refractivity contribution < 1.29 is 4.43 Å². The van der Waals surface area contributed by atoms with Gasteiger partial charge in [0.2, 0.25) is 0 Å². The highest BCUT2D eigenvalue weighted by molar-refractivity contribution is 6.73. The number of allylic oxidation sites excluding steroid dienone is 2. The average Bonchev–Trinajstić information content (AvgIpc) is 2.79. The van der Waals surface area contributed by atoms with Gasteiger partial charge in [0.05, 0.1) is 5.60 Å². The molecule has 0 fully saturated rings.